The van der Waals surface area contributed by atoms with E-state index in [9.17, 15) is 5.11 Å². The fraction of sp³-hybridized carbons (Fsp3) is 1.00. The van der Waals surface area contributed by atoms with Gasteiger partial charge in [0.2, 0.25) is 0 Å². The maximum absolute atomic E-state index is 9.54. The van der Waals surface area contributed by atoms with Crippen molar-refractivity contribution >= 4 is 0 Å². The molecule has 0 saturated carbocycles. The Hall–Kier alpha value is -0.0800. The standard InChI is InChI=1S/C11H25NO/c1-5-6-7-10(4)12-8-11(13)9(2)3/h9-13H,5-8H2,1-4H3. The minimum absolute atomic E-state index is 0.205. The van der Waals surface area contributed by atoms with Crippen LogP contribution in [0.25, 0.3) is 0 Å². The first-order chi connectivity index (χ1) is 6.07. The number of hydrogen-bond acceptors (Lipinski definition) is 2. The quantitative estimate of drug-likeness (QED) is 0.640. The van der Waals surface area contributed by atoms with Crippen molar-refractivity contribution in [1.82, 2.24) is 5.32 Å². The van der Waals surface area contributed by atoms with Gasteiger partial charge in [-0.15, -0.1) is 0 Å². The van der Waals surface area contributed by atoms with Crippen LogP contribution in [0, 0.1) is 5.92 Å². The highest BCUT2D eigenvalue weighted by molar-refractivity contribution is 4.67. The van der Waals surface area contributed by atoms with Crippen molar-refractivity contribution in [3.63, 3.8) is 0 Å². The molecule has 0 aromatic carbocycles. The Kier molecular flexibility index (Phi) is 7.29. The van der Waals surface area contributed by atoms with Crippen LogP contribution in [0.4, 0.5) is 0 Å². The lowest BCUT2D eigenvalue weighted by Crippen LogP contribution is -2.36. The molecular formula is C11H25NO. The second-order valence-electron chi connectivity index (χ2n) is 4.26. The number of aliphatic hydroxyl groups is 1. The first kappa shape index (κ1) is 12.9. The fourth-order valence-electron chi connectivity index (χ4n) is 1.17. The molecule has 0 bridgehead atoms. The molecule has 0 heterocycles. The third-order valence-corrected chi connectivity index (χ3v) is 2.44. The summed E-state index contributed by atoms with van der Waals surface area (Å²) in [5.74, 6) is 0.353. The molecule has 0 aliphatic carbocycles. The zero-order valence-electron chi connectivity index (χ0n) is 9.51. The van der Waals surface area contributed by atoms with E-state index in [0.29, 0.717) is 12.0 Å². The minimum Gasteiger partial charge on any atom is -0.392 e. The van der Waals surface area contributed by atoms with E-state index in [1.807, 2.05) is 13.8 Å². The molecule has 0 spiro atoms. The van der Waals surface area contributed by atoms with Crippen LogP contribution < -0.4 is 5.32 Å². The molecule has 0 fully saturated rings. The van der Waals surface area contributed by atoms with Gasteiger partial charge in [-0.25, -0.2) is 0 Å². The van der Waals surface area contributed by atoms with Crippen LogP contribution in [0.15, 0.2) is 0 Å². The molecule has 2 nitrogen and oxygen atoms in total. The number of nitrogens with one attached hydrogen (secondary N) is 1. The summed E-state index contributed by atoms with van der Waals surface area (Å²) in [5.41, 5.74) is 0. The van der Waals surface area contributed by atoms with Crippen molar-refractivity contribution < 1.29 is 5.11 Å². The van der Waals surface area contributed by atoms with Gasteiger partial charge >= 0.3 is 0 Å². The molecule has 0 amide bonds. The summed E-state index contributed by atoms with van der Waals surface area (Å²) >= 11 is 0. The summed E-state index contributed by atoms with van der Waals surface area (Å²) < 4.78 is 0. The molecule has 2 heteroatoms. The van der Waals surface area contributed by atoms with Crippen molar-refractivity contribution in [2.45, 2.75) is 59.1 Å². The maximum atomic E-state index is 9.54. The summed E-state index contributed by atoms with van der Waals surface area (Å²) in [4.78, 5) is 0. The van der Waals surface area contributed by atoms with E-state index in [0.717, 1.165) is 6.54 Å². The SMILES string of the molecule is CCCCC(C)NCC(O)C(C)C. The first-order valence-electron chi connectivity index (χ1n) is 5.49. The highest BCUT2D eigenvalue weighted by Crippen LogP contribution is 2.02. The zero-order chi connectivity index (χ0) is 10.3. The van der Waals surface area contributed by atoms with E-state index in [1.54, 1.807) is 0 Å². The Balaban J connectivity index is 3.40. The molecule has 2 N–H and O–H groups in total. The van der Waals surface area contributed by atoms with Crippen LogP contribution in [-0.4, -0.2) is 23.8 Å². The van der Waals surface area contributed by atoms with Crippen molar-refractivity contribution in [1.29, 1.82) is 0 Å². The molecule has 0 rings (SSSR count). The van der Waals surface area contributed by atoms with Crippen molar-refractivity contribution in [2.75, 3.05) is 6.54 Å². The van der Waals surface area contributed by atoms with E-state index in [2.05, 4.69) is 19.2 Å². The van der Waals surface area contributed by atoms with Gasteiger partial charge < -0.3 is 10.4 Å². The average molecular weight is 187 g/mol. The molecule has 0 aromatic heterocycles. The van der Waals surface area contributed by atoms with Crippen LogP contribution in [0.5, 0.6) is 0 Å². The molecule has 80 valence electrons. The molecule has 0 saturated heterocycles. The van der Waals surface area contributed by atoms with Gasteiger partial charge in [-0.05, 0) is 19.3 Å². The van der Waals surface area contributed by atoms with E-state index < -0.39 is 0 Å². The van der Waals surface area contributed by atoms with E-state index in [4.69, 9.17) is 0 Å². The van der Waals surface area contributed by atoms with Crippen LogP contribution in [0.3, 0.4) is 0 Å². The third-order valence-electron chi connectivity index (χ3n) is 2.44. The maximum Gasteiger partial charge on any atom is 0.0687 e. The number of rotatable bonds is 7. The van der Waals surface area contributed by atoms with Gasteiger partial charge in [-0.3, -0.25) is 0 Å². The summed E-state index contributed by atoms with van der Waals surface area (Å²) in [6.07, 6.45) is 3.52. The van der Waals surface area contributed by atoms with Gasteiger partial charge in [0.05, 0.1) is 6.10 Å². The monoisotopic (exact) mass is 187 g/mol. The summed E-state index contributed by atoms with van der Waals surface area (Å²) in [6, 6.07) is 0.536. The van der Waals surface area contributed by atoms with Gasteiger partial charge in [0, 0.05) is 12.6 Å². The minimum atomic E-state index is -0.205. The Morgan fingerprint density at radius 3 is 2.31 bits per heavy atom. The molecule has 0 aliphatic heterocycles. The predicted molar refractivity (Wildman–Crippen MR) is 57.8 cm³/mol. The second kappa shape index (κ2) is 7.34. The lowest BCUT2D eigenvalue weighted by Gasteiger charge is -2.19. The van der Waals surface area contributed by atoms with Gasteiger partial charge in [0.15, 0.2) is 0 Å². The smallest absolute Gasteiger partial charge is 0.0687 e. The first-order valence-corrected chi connectivity index (χ1v) is 5.49. The summed E-state index contributed by atoms with van der Waals surface area (Å²) in [7, 11) is 0. The molecule has 0 radical (unpaired) electrons. The number of hydrogen-bond donors (Lipinski definition) is 2. The molecule has 0 aromatic rings. The summed E-state index contributed by atoms with van der Waals surface area (Å²) in [5, 5.41) is 12.9. The Morgan fingerprint density at radius 2 is 1.85 bits per heavy atom. The second-order valence-corrected chi connectivity index (χ2v) is 4.26. The van der Waals surface area contributed by atoms with Gasteiger partial charge in [0.25, 0.3) is 0 Å². The number of aliphatic hydroxyl groups excluding tert-OH is 1. The van der Waals surface area contributed by atoms with Crippen molar-refractivity contribution in [2.24, 2.45) is 5.92 Å². The number of unbranched alkanes of at least 4 members (excludes halogenated alkanes) is 1. The van der Waals surface area contributed by atoms with E-state index in [-0.39, 0.29) is 6.10 Å². The zero-order valence-corrected chi connectivity index (χ0v) is 9.51. The largest absolute Gasteiger partial charge is 0.392 e. The van der Waals surface area contributed by atoms with Crippen LogP contribution >= 0.6 is 0 Å². The van der Waals surface area contributed by atoms with Crippen molar-refractivity contribution in [3.05, 3.63) is 0 Å². The highest BCUT2D eigenvalue weighted by atomic mass is 16.3. The van der Waals surface area contributed by atoms with Crippen LogP contribution in [0.1, 0.15) is 47.0 Å². The van der Waals surface area contributed by atoms with E-state index in [1.165, 1.54) is 19.3 Å². The van der Waals surface area contributed by atoms with Crippen LogP contribution in [-0.2, 0) is 0 Å². The van der Waals surface area contributed by atoms with Crippen LogP contribution in [0.2, 0.25) is 0 Å². The lowest BCUT2D eigenvalue weighted by atomic mass is 10.1. The highest BCUT2D eigenvalue weighted by Gasteiger charge is 2.09. The van der Waals surface area contributed by atoms with Gasteiger partial charge in [-0.1, -0.05) is 33.6 Å². The van der Waals surface area contributed by atoms with E-state index >= 15 is 0 Å². The molecule has 2 atom stereocenters. The average Bonchev–Trinajstić information content (AvgIpc) is 2.10. The Morgan fingerprint density at radius 1 is 1.23 bits per heavy atom. The van der Waals surface area contributed by atoms with Crippen molar-refractivity contribution in [3.8, 4) is 0 Å². The van der Waals surface area contributed by atoms with Gasteiger partial charge in [-0.2, -0.15) is 0 Å². The topological polar surface area (TPSA) is 32.3 Å². The molecule has 0 aliphatic rings. The molecular weight excluding hydrogens is 162 g/mol. The van der Waals surface area contributed by atoms with Gasteiger partial charge in [0.1, 0.15) is 0 Å². The molecule has 2 unspecified atom stereocenters. The summed E-state index contributed by atoms with van der Waals surface area (Å²) in [6.45, 7) is 9.20. The lowest BCUT2D eigenvalue weighted by molar-refractivity contribution is 0.120. The Labute approximate surface area is 82.7 Å². The third kappa shape index (κ3) is 7.03. The predicted octanol–water partition coefficient (Wildman–Crippen LogP) is 2.17. The fourth-order valence-corrected chi connectivity index (χ4v) is 1.17. The Bertz CT molecular complexity index is 115. The normalized spacial score (nSPS) is 16.2. The molecule has 13 heavy (non-hydrogen) atoms.